The zero-order chi connectivity index (χ0) is 11.5. The molecule has 4 heteroatoms. The van der Waals surface area contributed by atoms with E-state index in [1.54, 1.807) is 6.20 Å². The topological polar surface area (TPSA) is 38.1 Å². The Labute approximate surface area is 99.1 Å². The van der Waals surface area contributed by atoms with Gasteiger partial charge in [-0.3, -0.25) is 0 Å². The van der Waals surface area contributed by atoms with Gasteiger partial charge in [0.25, 0.3) is 0 Å². The molecule has 0 aliphatic heterocycles. The zero-order valence-corrected chi connectivity index (χ0v) is 10.2. The van der Waals surface area contributed by atoms with E-state index in [4.69, 9.17) is 0 Å². The van der Waals surface area contributed by atoms with Crippen molar-refractivity contribution < 1.29 is 5.11 Å². The van der Waals surface area contributed by atoms with E-state index in [0.717, 1.165) is 17.1 Å². The minimum absolute atomic E-state index is 0.0597. The molecule has 84 valence electrons. The molecule has 1 aromatic heterocycles. The van der Waals surface area contributed by atoms with E-state index in [1.807, 2.05) is 35.5 Å². The van der Waals surface area contributed by atoms with E-state index in [9.17, 15) is 5.11 Å². The first-order valence-electron chi connectivity index (χ1n) is 5.16. The van der Waals surface area contributed by atoms with Crippen molar-refractivity contribution in [3.8, 4) is 17.3 Å². The Balaban J connectivity index is 2.31. The van der Waals surface area contributed by atoms with Gasteiger partial charge in [-0.25, -0.2) is 0 Å². The lowest BCUT2D eigenvalue weighted by atomic mass is 10.2. The molecular weight excluding hydrogens is 220 g/mol. The lowest BCUT2D eigenvalue weighted by Crippen LogP contribution is -1.90. The molecule has 2 rings (SSSR count). The molecule has 0 radical (unpaired) electrons. The first kappa shape index (κ1) is 11.1. The first-order valence-corrected chi connectivity index (χ1v) is 6.15. The number of rotatable bonds is 3. The van der Waals surface area contributed by atoms with Crippen LogP contribution in [0.3, 0.4) is 0 Å². The summed E-state index contributed by atoms with van der Waals surface area (Å²) in [6.07, 6.45) is 1.60. The summed E-state index contributed by atoms with van der Waals surface area (Å²) >= 11 is 1.81. The second-order valence-corrected chi connectivity index (χ2v) is 4.83. The van der Waals surface area contributed by atoms with Crippen molar-refractivity contribution in [2.45, 2.75) is 11.8 Å². The van der Waals surface area contributed by atoms with Crippen molar-refractivity contribution >= 4 is 11.8 Å². The molecule has 1 N–H and O–H groups in total. The smallest absolute Gasteiger partial charge is 0.229 e. The van der Waals surface area contributed by atoms with Crippen molar-refractivity contribution in [2.24, 2.45) is 7.05 Å². The maximum Gasteiger partial charge on any atom is 0.229 e. The van der Waals surface area contributed by atoms with E-state index in [0.29, 0.717) is 0 Å². The van der Waals surface area contributed by atoms with Crippen LogP contribution in [0.2, 0.25) is 0 Å². The molecule has 0 fully saturated rings. The van der Waals surface area contributed by atoms with E-state index >= 15 is 0 Å². The summed E-state index contributed by atoms with van der Waals surface area (Å²) in [6.45, 7) is 2.13. The van der Waals surface area contributed by atoms with E-state index < -0.39 is 0 Å². The van der Waals surface area contributed by atoms with Gasteiger partial charge in [0.15, 0.2) is 0 Å². The molecule has 0 saturated carbocycles. The van der Waals surface area contributed by atoms with Gasteiger partial charge in [-0.1, -0.05) is 19.1 Å². The highest BCUT2D eigenvalue weighted by molar-refractivity contribution is 7.99. The lowest BCUT2D eigenvalue weighted by molar-refractivity contribution is 0.456. The van der Waals surface area contributed by atoms with Crippen molar-refractivity contribution in [3.05, 3.63) is 30.5 Å². The van der Waals surface area contributed by atoms with Gasteiger partial charge in [0, 0.05) is 17.5 Å². The van der Waals surface area contributed by atoms with E-state index in [-0.39, 0.29) is 5.88 Å². The molecular formula is C12H14N2OS. The van der Waals surface area contributed by atoms with Crippen molar-refractivity contribution in [2.75, 3.05) is 5.75 Å². The predicted molar refractivity (Wildman–Crippen MR) is 66.7 cm³/mol. The summed E-state index contributed by atoms with van der Waals surface area (Å²) in [5, 5.41) is 9.30. The first-order chi connectivity index (χ1) is 7.70. The highest BCUT2D eigenvalue weighted by Crippen LogP contribution is 2.24. The summed E-state index contributed by atoms with van der Waals surface area (Å²) in [4.78, 5) is 5.32. The Morgan fingerprint density at radius 3 is 2.50 bits per heavy atom. The highest BCUT2D eigenvalue weighted by atomic mass is 32.2. The van der Waals surface area contributed by atoms with Gasteiger partial charge in [0.05, 0.1) is 6.20 Å². The van der Waals surface area contributed by atoms with Crippen LogP contribution in [-0.4, -0.2) is 20.4 Å². The van der Waals surface area contributed by atoms with Crippen LogP contribution >= 0.6 is 11.8 Å². The molecule has 1 aromatic carbocycles. The van der Waals surface area contributed by atoms with Gasteiger partial charge in [0.2, 0.25) is 5.88 Å². The quantitative estimate of drug-likeness (QED) is 0.830. The molecule has 0 atom stereocenters. The van der Waals surface area contributed by atoms with E-state index in [2.05, 4.69) is 24.0 Å². The summed E-state index contributed by atoms with van der Waals surface area (Å²) in [5.41, 5.74) is 1.02. The van der Waals surface area contributed by atoms with Crippen molar-refractivity contribution in [3.63, 3.8) is 0 Å². The van der Waals surface area contributed by atoms with Gasteiger partial charge in [-0.15, -0.1) is 11.8 Å². The number of aryl methyl sites for hydroxylation is 1. The standard InChI is InChI=1S/C12H14N2OS/c1-3-16-10-6-4-9(5-7-10)12-13-11(15)8-14(12)2/h4-8,15H,3H2,1-2H3. The minimum Gasteiger partial charge on any atom is -0.492 e. The van der Waals surface area contributed by atoms with Crippen LogP contribution in [0.5, 0.6) is 5.88 Å². The Bertz CT molecular complexity index is 476. The van der Waals surface area contributed by atoms with Crippen LogP contribution < -0.4 is 0 Å². The molecule has 2 aromatic rings. The number of imidazole rings is 1. The van der Waals surface area contributed by atoms with Crippen molar-refractivity contribution in [1.82, 2.24) is 9.55 Å². The molecule has 0 aliphatic carbocycles. The molecule has 0 saturated heterocycles. The second-order valence-electron chi connectivity index (χ2n) is 3.49. The zero-order valence-electron chi connectivity index (χ0n) is 9.34. The van der Waals surface area contributed by atoms with Crippen LogP contribution in [0.25, 0.3) is 11.4 Å². The largest absolute Gasteiger partial charge is 0.492 e. The van der Waals surface area contributed by atoms with Gasteiger partial charge in [-0.2, -0.15) is 4.98 Å². The van der Waals surface area contributed by atoms with Gasteiger partial charge < -0.3 is 9.67 Å². The molecule has 0 aliphatic rings. The Hall–Kier alpha value is -1.42. The van der Waals surface area contributed by atoms with Crippen LogP contribution in [-0.2, 0) is 7.05 Å². The number of aromatic nitrogens is 2. The fourth-order valence-corrected chi connectivity index (χ4v) is 2.25. The Kier molecular flexibility index (Phi) is 3.19. The number of hydrogen-bond acceptors (Lipinski definition) is 3. The highest BCUT2D eigenvalue weighted by Gasteiger charge is 2.06. The van der Waals surface area contributed by atoms with Crippen molar-refractivity contribution in [1.29, 1.82) is 0 Å². The molecule has 0 spiro atoms. The maximum absolute atomic E-state index is 9.30. The number of aromatic hydroxyl groups is 1. The van der Waals surface area contributed by atoms with Gasteiger partial charge >= 0.3 is 0 Å². The fraction of sp³-hybridized carbons (Fsp3) is 0.250. The Morgan fingerprint density at radius 1 is 1.31 bits per heavy atom. The predicted octanol–water partition coefficient (Wildman–Crippen LogP) is 2.90. The summed E-state index contributed by atoms with van der Waals surface area (Å²) < 4.78 is 1.82. The third-order valence-electron chi connectivity index (χ3n) is 2.29. The summed E-state index contributed by atoms with van der Waals surface area (Å²) in [7, 11) is 1.87. The third kappa shape index (κ3) is 2.22. The number of hydrogen-bond donors (Lipinski definition) is 1. The molecule has 3 nitrogen and oxygen atoms in total. The fourth-order valence-electron chi connectivity index (χ4n) is 1.59. The SMILES string of the molecule is CCSc1ccc(-c2nc(O)cn2C)cc1. The van der Waals surface area contributed by atoms with Crippen LogP contribution in [0.15, 0.2) is 35.4 Å². The normalized spacial score (nSPS) is 10.6. The molecule has 0 amide bonds. The average Bonchev–Trinajstić information content (AvgIpc) is 2.59. The Morgan fingerprint density at radius 2 is 2.00 bits per heavy atom. The van der Waals surface area contributed by atoms with Gasteiger partial charge in [0.1, 0.15) is 5.82 Å². The lowest BCUT2D eigenvalue weighted by Gasteiger charge is -2.02. The molecule has 1 heterocycles. The van der Waals surface area contributed by atoms with Crippen LogP contribution in [0.1, 0.15) is 6.92 Å². The second kappa shape index (κ2) is 4.61. The minimum atomic E-state index is 0.0597. The van der Waals surface area contributed by atoms with Crippen LogP contribution in [0.4, 0.5) is 0 Å². The average molecular weight is 234 g/mol. The van der Waals surface area contributed by atoms with E-state index in [1.165, 1.54) is 4.90 Å². The summed E-state index contributed by atoms with van der Waals surface area (Å²) in [6, 6.07) is 8.21. The number of nitrogens with zero attached hydrogens (tertiary/aromatic N) is 2. The molecule has 16 heavy (non-hydrogen) atoms. The van der Waals surface area contributed by atoms with Gasteiger partial charge in [-0.05, 0) is 17.9 Å². The molecule has 0 unspecified atom stereocenters. The van der Waals surface area contributed by atoms with Crippen LogP contribution in [0, 0.1) is 0 Å². The number of thioether (sulfide) groups is 1. The monoisotopic (exact) mass is 234 g/mol. The third-order valence-corrected chi connectivity index (χ3v) is 3.18. The molecule has 0 bridgehead atoms. The maximum atomic E-state index is 9.30. The number of benzene rings is 1. The summed E-state index contributed by atoms with van der Waals surface area (Å²) in [5.74, 6) is 1.91.